The van der Waals surface area contributed by atoms with E-state index in [2.05, 4.69) is 10.3 Å². The molecule has 2 rings (SSSR count). The molecular formula is C13H16FN3OS. The van der Waals surface area contributed by atoms with Crippen molar-refractivity contribution in [2.75, 3.05) is 17.7 Å². The topological polar surface area (TPSA) is 60.2 Å². The number of rotatable bonds is 5. The normalized spacial score (nSPS) is 10.5. The van der Waals surface area contributed by atoms with E-state index in [1.807, 2.05) is 12.3 Å². The highest BCUT2D eigenvalue weighted by Gasteiger charge is 2.09. The molecule has 0 aliphatic carbocycles. The van der Waals surface area contributed by atoms with Crippen LogP contribution in [0.5, 0.6) is 5.75 Å². The van der Waals surface area contributed by atoms with Crippen molar-refractivity contribution in [1.29, 1.82) is 0 Å². The molecule has 4 nitrogen and oxygen atoms in total. The second kappa shape index (κ2) is 5.88. The van der Waals surface area contributed by atoms with Crippen molar-refractivity contribution >= 4 is 22.7 Å². The zero-order valence-electron chi connectivity index (χ0n) is 10.9. The van der Waals surface area contributed by atoms with Crippen molar-refractivity contribution < 1.29 is 9.13 Å². The molecule has 1 aromatic heterocycles. The van der Waals surface area contributed by atoms with Gasteiger partial charge in [0.05, 0.1) is 24.5 Å². The number of nitrogen functional groups attached to an aromatic ring is 1. The average Bonchev–Trinajstić information content (AvgIpc) is 2.77. The molecular weight excluding hydrogens is 265 g/mol. The largest absolute Gasteiger partial charge is 0.491 e. The Bertz CT molecular complexity index is 571. The number of benzene rings is 1. The summed E-state index contributed by atoms with van der Waals surface area (Å²) < 4.78 is 18.7. The molecule has 6 heteroatoms. The maximum Gasteiger partial charge on any atom is 0.167 e. The van der Waals surface area contributed by atoms with Crippen molar-refractivity contribution in [3.63, 3.8) is 0 Å². The first kappa shape index (κ1) is 13.6. The predicted molar refractivity (Wildman–Crippen MR) is 76.2 cm³/mol. The van der Waals surface area contributed by atoms with E-state index in [1.54, 1.807) is 24.3 Å². The molecule has 0 radical (unpaired) electrons. The number of hydrogen-bond acceptors (Lipinski definition) is 5. The number of aromatic nitrogens is 1. The Kier molecular flexibility index (Phi) is 4.21. The zero-order valence-corrected chi connectivity index (χ0v) is 11.7. The lowest BCUT2D eigenvalue weighted by atomic mass is 10.2. The third kappa shape index (κ3) is 3.35. The highest BCUT2D eigenvalue weighted by Crippen LogP contribution is 2.28. The summed E-state index contributed by atoms with van der Waals surface area (Å²) in [5.41, 5.74) is 7.78. The van der Waals surface area contributed by atoms with Gasteiger partial charge < -0.3 is 15.8 Å². The Morgan fingerprint density at radius 2 is 2.26 bits per heavy atom. The number of nitrogens with two attached hydrogens (primary N) is 1. The molecule has 102 valence electrons. The first-order valence-corrected chi connectivity index (χ1v) is 6.84. The van der Waals surface area contributed by atoms with Crippen molar-refractivity contribution in [3.05, 3.63) is 34.0 Å². The molecule has 0 fully saturated rings. The number of nitrogens with one attached hydrogen (secondary N) is 1. The van der Waals surface area contributed by atoms with Gasteiger partial charge in [0.2, 0.25) is 0 Å². The summed E-state index contributed by atoms with van der Waals surface area (Å²) in [5.74, 6) is -0.246. The number of halogens is 1. The molecule has 1 aromatic carbocycles. The predicted octanol–water partition coefficient (Wildman–Crippen LogP) is 3.18. The van der Waals surface area contributed by atoms with Crippen LogP contribution in [-0.2, 0) is 6.54 Å². The van der Waals surface area contributed by atoms with Crippen molar-refractivity contribution in [2.24, 2.45) is 0 Å². The van der Waals surface area contributed by atoms with Crippen LogP contribution in [0.1, 0.15) is 17.6 Å². The van der Waals surface area contributed by atoms with Crippen LogP contribution in [0.25, 0.3) is 0 Å². The van der Waals surface area contributed by atoms with Gasteiger partial charge in [0, 0.05) is 23.2 Å². The quantitative estimate of drug-likeness (QED) is 0.826. The standard InChI is InChI=1S/C13H16FN3OS/c1-3-18-12-5-11(10(15)4-9(12)14)16-6-13-17-8(2)7-19-13/h4-5,7,16H,3,6,15H2,1-2H3. The van der Waals surface area contributed by atoms with Gasteiger partial charge in [0.15, 0.2) is 11.6 Å². The lowest BCUT2D eigenvalue weighted by molar-refractivity contribution is 0.322. The Morgan fingerprint density at radius 1 is 1.47 bits per heavy atom. The summed E-state index contributed by atoms with van der Waals surface area (Å²) in [4.78, 5) is 4.34. The van der Waals surface area contributed by atoms with E-state index < -0.39 is 5.82 Å². The molecule has 2 aromatic rings. The summed E-state index contributed by atoms with van der Waals surface area (Å²) in [6, 6.07) is 2.84. The van der Waals surface area contributed by atoms with Gasteiger partial charge in [-0.15, -0.1) is 11.3 Å². The fourth-order valence-electron chi connectivity index (χ4n) is 1.64. The smallest absolute Gasteiger partial charge is 0.167 e. The minimum Gasteiger partial charge on any atom is -0.491 e. The van der Waals surface area contributed by atoms with Gasteiger partial charge in [-0.3, -0.25) is 0 Å². The first-order valence-electron chi connectivity index (χ1n) is 5.97. The summed E-state index contributed by atoms with van der Waals surface area (Å²) in [6.07, 6.45) is 0. The molecule has 1 heterocycles. The SMILES string of the molecule is CCOc1cc(NCc2nc(C)cs2)c(N)cc1F. The molecule has 0 atom stereocenters. The second-order valence-corrected chi connectivity index (χ2v) is 4.98. The van der Waals surface area contributed by atoms with E-state index in [0.29, 0.717) is 24.5 Å². The van der Waals surface area contributed by atoms with Gasteiger partial charge in [-0.2, -0.15) is 0 Å². The summed E-state index contributed by atoms with van der Waals surface area (Å²) in [7, 11) is 0. The summed E-state index contributed by atoms with van der Waals surface area (Å²) in [5, 5.41) is 6.09. The number of aryl methyl sites for hydroxylation is 1. The third-order valence-corrected chi connectivity index (χ3v) is 3.47. The highest BCUT2D eigenvalue weighted by atomic mass is 32.1. The zero-order chi connectivity index (χ0) is 13.8. The Hall–Kier alpha value is -1.82. The van der Waals surface area contributed by atoms with Crippen LogP contribution < -0.4 is 15.8 Å². The van der Waals surface area contributed by atoms with Gasteiger partial charge in [0.1, 0.15) is 5.01 Å². The van der Waals surface area contributed by atoms with Crippen molar-refractivity contribution in [2.45, 2.75) is 20.4 Å². The van der Waals surface area contributed by atoms with E-state index in [0.717, 1.165) is 10.7 Å². The second-order valence-electron chi connectivity index (χ2n) is 4.04. The van der Waals surface area contributed by atoms with E-state index in [9.17, 15) is 4.39 Å². The van der Waals surface area contributed by atoms with Crippen LogP contribution >= 0.6 is 11.3 Å². The first-order chi connectivity index (χ1) is 9.10. The van der Waals surface area contributed by atoms with E-state index >= 15 is 0 Å². The highest BCUT2D eigenvalue weighted by molar-refractivity contribution is 7.09. The van der Waals surface area contributed by atoms with Crippen LogP contribution in [0.2, 0.25) is 0 Å². The Morgan fingerprint density at radius 3 is 2.89 bits per heavy atom. The van der Waals surface area contributed by atoms with Crippen LogP contribution in [0.4, 0.5) is 15.8 Å². The number of nitrogens with zero attached hydrogens (tertiary/aromatic N) is 1. The van der Waals surface area contributed by atoms with Gasteiger partial charge in [-0.25, -0.2) is 9.37 Å². The molecule has 0 saturated heterocycles. The molecule has 0 aliphatic heterocycles. The van der Waals surface area contributed by atoms with E-state index in [4.69, 9.17) is 10.5 Å². The minimum absolute atomic E-state index is 0.203. The number of anilines is 2. The monoisotopic (exact) mass is 281 g/mol. The number of ether oxygens (including phenoxy) is 1. The number of hydrogen-bond donors (Lipinski definition) is 2. The molecule has 0 amide bonds. The molecule has 19 heavy (non-hydrogen) atoms. The summed E-state index contributed by atoms with van der Waals surface area (Å²) >= 11 is 1.57. The van der Waals surface area contributed by atoms with Gasteiger partial charge in [0.25, 0.3) is 0 Å². The van der Waals surface area contributed by atoms with E-state index in [-0.39, 0.29) is 5.75 Å². The van der Waals surface area contributed by atoms with Crippen LogP contribution in [-0.4, -0.2) is 11.6 Å². The van der Waals surface area contributed by atoms with Crippen molar-refractivity contribution in [3.8, 4) is 5.75 Å². The van der Waals surface area contributed by atoms with Crippen LogP contribution in [0.3, 0.4) is 0 Å². The molecule has 0 spiro atoms. The molecule has 0 aliphatic rings. The maximum absolute atomic E-state index is 13.5. The van der Waals surface area contributed by atoms with E-state index in [1.165, 1.54) is 6.07 Å². The Labute approximate surface area is 115 Å². The van der Waals surface area contributed by atoms with Crippen LogP contribution in [0.15, 0.2) is 17.5 Å². The molecule has 0 unspecified atom stereocenters. The lowest BCUT2D eigenvalue weighted by Crippen LogP contribution is -2.04. The average molecular weight is 281 g/mol. The summed E-state index contributed by atoms with van der Waals surface area (Å²) in [6.45, 7) is 4.71. The fourth-order valence-corrected chi connectivity index (χ4v) is 2.35. The van der Waals surface area contributed by atoms with Crippen LogP contribution in [0, 0.1) is 12.7 Å². The molecule has 0 saturated carbocycles. The molecule has 3 N–H and O–H groups in total. The van der Waals surface area contributed by atoms with Gasteiger partial charge in [-0.05, 0) is 13.8 Å². The van der Waals surface area contributed by atoms with Gasteiger partial charge >= 0.3 is 0 Å². The maximum atomic E-state index is 13.5. The molecule has 0 bridgehead atoms. The third-order valence-electron chi connectivity index (χ3n) is 2.50. The fraction of sp³-hybridized carbons (Fsp3) is 0.308. The van der Waals surface area contributed by atoms with Crippen molar-refractivity contribution in [1.82, 2.24) is 4.98 Å². The minimum atomic E-state index is -0.449. The Balaban J connectivity index is 2.13. The van der Waals surface area contributed by atoms with Gasteiger partial charge in [-0.1, -0.05) is 0 Å². The lowest BCUT2D eigenvalue weighted by Gasteiger charge is -2.11. The number of thiazole rings is 1.